The Labute approximate surface area is 525 Å². The highest BCUT2D eigenvalue weighted by atomic mass is 15.0. The van der Waals surface area contributed by atoms with Crippen LogP contribution in [0.25, 0.3) is 187 Å². The first kappa shape index (κ1) is 51.0. The number of aromatic nitrogens is 3. The molecule has 19 rings (SSSR count). The summed E-state index contributed by atoms with van der Waals surface area (Å²) in [4.78, 5) is 3.74. The lowest BCUT2D eigenvalue weighted by atomic mass is 9.95. The zero-order valence-electron chi connectivity index (χ0n) is 49.6. The molecule has 0 fully saturated rings. The molecule has 0 bridgehead atoms. The molecule has 0 unspecified atom stereocenters. The van der Waals surface area contributed by atoms with Gasteiger partial charge in [0.2, 0.25) is 0 Å². The maximum atomic E-state index is 3.74. The van der Waals surface area contributed by atoms with Crippen LogP contribution in [0.5, 0.6) is 0 Å². The van der Waals surface area contributed by atoms with Crippen LogP contribution in [0, 0.1) is 0 Å². The molecule has 422 valence electrons. The highest BCUT2D eigenvalue weighted by Gasteiger charge is 2.20. The molecule has 3 heterocycles. The van der Waals surface area contributed by atoms with E-state index in [-0.39, 0.29) is 0 Å². The van der Waals surface area contributed by atoms with Crippen molar-refractivity contribution in [2.24, 2.45) is 0 Å². The van der Waals surface area contributed by atoms with E-state index in [9.17, 15) is 0 Å². The van der Waals surface area contributed by atoms with Crippen molar-refractivity contribution >= 4 is 109 Å². The van der Waals surface area contributed by atoms with Crippen molar-refractivity contribution in [3.8, 4) is 78.1 Å². The number of benzene rings is 16. The zero-order valence-corrected chi connectivity index (χ0v) is 49.6. The Balaban J connectivity index is 0.676. The molecule has 0 aliphatic heterocycles. The van der Waals surface area contributed by atoms with Crippen molar-refractivity contribution < 1.29 is 0 Å². The monoisotopic (exact) mass is 1150 g/mol. The fourth-order valence-corrected chi connectivity index (χ4v) is 15.0. The standard InChI is InChI=1S/C88H55N3/c1-5-21-69-57(13-1)17-9-25-73(69)63-35-45-85-79(51-63)80-52-64(74-26-10-18-58-14-2-6-22-70(58)74)36-46-86(80)90(85)67-39-29-55(30-40-67)61-33-43-83-77(49-61)78-50-62(34-44-84(78)89-83)56-31-41-68(42-32-56)91-87-47-37-65(75-27-11-19-59-15-3-7-23-71(59)75)53-81(87)82-54-66(38-48-88(82)91)76-28-12-20-60-16-4-8-24-72(60)76/h1-54,89H. The molecule has 0 saturated heterocycles. The van der Waals surface area contributed by atoms with Gasteiger partial charge in [0.25, 0.3) is 0 Å². The van der Waals surface area contributed by atoms with E-state index in [2.05, 4.69) is 342 Å². The Kier molecular flexibility index (Phi) is 11.4. The molecule has 0 saturated carbocycles. The van der Waals surface area contributed by atoms with Gasteiger partial charge in [-0.3, -0.25) is 0 Å². The molecule has 19 aromatic rings. The van der Waals surface area contributed by atoms with Crippen LogP contribution in [0.4, 0.5) is 0 Å². The second kappa shape index (κ2) is 20.3. The molecule has 0 amide bonds. The van der Waals surface area contributed by atoms with Gasteiger partial charge >= 0.3 is 0 Å². The lowest BCUT2D eigenvalue weighted by Crippen LogP contribution is -1.94. The van der Waals surface area contributed by atoms with E-state index in [4.69, 9.17) is 0 Å². The molecular formula is C88H55N3. The van der Waals surface area contributed by atoms with Crippen LogP contribution in [-0.2, 0) is 0 Å². The first-order valence-corrected chi connectivity index (χ1v) is 31.4. The summed E-state index contributed by atoms with van der Waals surface area (Å²) in [5, 5.41) is 17.3. The molecule has 0 spiro atoms. The van der Waals surface area contributed by atoms with Crippen LogP contribution in [-0.4, -0.2) is 14.1 Å². The molecule has 91 heavy (non-hydrogen) atoms. The Bertz CT molecular complexity index is 5520. The Morgan fingerprint density at radius 2 is 0.429 bits per heavy atom. The first-order valence-electron chi connectivity index (χ1n) is 31.4. The minimum absolute atomic E-state index is 1.12. The van der Waals surface area contributed by atoms with Gasteiger partial charge in [0.15, 0.2) is 0 Å². The third kappa shape index (κ3) is 8.22. The Hall–Kier alpha value is -12.0. The topological polar surface area (TPSA) is 25.6 Å². The van der Waals surface area contributed by atoms with E-state index < -0.39 is 0 Å². The van der Waals surface area contributed by atoms with Crippen molar-refractivity contribution in [3.63, 3.8) is 0 Å². The van der Waals surface area contributed by atoms with Gasteiger partial charge in [-0.2, -0.15) is 0 Å². The van der Waals surface area contributed by atoms with Crippen LogP contribution in [0.1, 0.15) is 0 Å². The van der Waals surface area contributed by atoms with E-state index in [1.54, 1.807) is 0 Å². The molecular weight excluding hydrogens is 1100 g/mol. The minimum atomic E-state index is 1.12. The number of hydrogen-bond donors (Lipinski definition) is 1. The maximum Gasteiger partial charge on any atom is 0.0541 e. The van der Waals surface area contributed by atoms with E-state index >= 15 is 0 Å². The van der Waals surface area contributed by atoms with Gasteiger partial charge in [-0.1, -0.05) is 231 Å². The third-order valence-electron chi connectivity index (χ3n) is 19.4. The SMILES string of the molecule is c1ccc2c(-c3ccc4c(c3)c3cc(-c5cccc6ccccc56)ccc3n4-c3ccc(-c4ccc5[nH]c6ccc(-c7ccc(-n8c9ccc(-c%10cccc%11ccccc%10%11)cc9c9cc(-c%10cccc%11ccccc%10%11)ccc98)cc7)cc6c5c4)cc3)cccc2c1. The summed E-state index contributed by atoms with van der Waals surface area (Å²) in [6.45, 7) is 0. The van der Waals surface area contributed by atoms with Gasteiger partial charge in [0.05, 0.1) is 22.1 Å². The number of rotatable bonds is 8. The quantitative estimate of drug-likeness (QED) is 0.157. The lowest BCUT2D eigenvalue weighted by Gasteiger charge is -2.11. The van der Waals surface area contributed by atoms with Gasteiger partial charge in [-0.05, 0) is 207 Å². The van der Waals surface area contributed by atoms with E-state index in [0.717, 1.165) is 22.4 Å². The molecule has 1 N–H and O–H groups in total. The Morgan fingerprint density at radius 1 is 0.176 bits per heavy atom. The van der Waals surface area contributed by atoms with Gasteiger partial charge < -0.3 is 14.1 Å². The van der Waals surface area contributed by atoms with E-state index in [1.165, 1.54) is 164 Å². The largest absolute Gasteiger partial charge is 0.355 e. The summed E-state index contributed by atoms with van der Waals surface area (Å²) in [7, 11) is 0. The lowest BCUT2D eigenvalue weighted by molar-refractivity contribution is 1.18. The van der Waals surface area contributed by atoms with Gasteiger partial charge in [0, 0.05) is 54.7 Å². The van der Waals surface area contributed by atoms with Gasteiger partial charge in [0.1, 0.15) is 0 Å². The van der Waals surface area contributed by atoms with Crippen molar-refractivity contribution in [1.82, 2.24) is 14.1 Å². The van der Waals surface area contributed by atoms with Crippen LogP contribution in [0.15, 0.2) is 328 Å². The molecule has 0 aliphatic rings. The van der Waals surface area contributed by atoms with E-state index in [1.807, 2.05) is 0 Å². The molecule has 3 nitrogen and oxygen atoms in total. The number of hydrogen-bond acceptors (Lipinski definition) is 0. The molecule has 16 aromatic carbocycles. The highest BCUT2D eigenvalue weighted by molar-refractivity contribution is 6.16. The summed E-state index contributed by atoms with van der Waals surface area (Å²) in [6, 6.07) is 121. The van der Waals surface area contributed by atoms with Gasteiger partial charge in [-0.25, -0.2) is 0 Å². The molecule has 0 radical (unpaired) electrons. The van der Waals surface area contributed by atoms with Gasteiger partial charge in [-0.15, -0.1) is 0 Å². The summed E-state index contributed by atoms with van der Waals surface area (Å²) < 4.78 is 4.89. The van der Waals surface area contributed by atoms with Crippen molar-refractivity contribution in [2.75, 3.05) is 0 Å². The number of aromatic amines is 1. The maximum absolute atomic E-state index is 3.74. The number of fused-ring (bicyclic) bond motifs is 13. The summed E-state index contributed by atoms with van der Waals surface area (Å²) >= 11 is 0. The minimum Gasteiger partial charge on any atom is -0.355 e. The van der Waals surface area contributed by atoms with Crippen molar-refractivity contribution in [3.05, 3.63) is 328 Å². The average molecular weight is 1150 g/mol. The zero-order chi connectivity index (χ0) is 59.7. The molecule has 3 heteroatoms. The smallest absolute Gasteiger partial charge is 0.0541 e. The molecule has 0 atom stereocenters. The third-order valence-corrected chi connectivity index (χ3v) is 19.4. The highest BCUT2D eigenvalue weighted by Crippen LogP contribution is 2.44. The predicted octanol–water partition coefficient (Wildman–Crippen LogP) is 24.1. The van der Waals surface area contributed by atoms with Crippen LogP contribution >= 0.6 is 0 Å². The predicted molar refractivity (Wildman–Crippen MR) is 387 cm³/mol. The summed E-state index contributed by atoms with van der Waals surface area (Å²) in [5.41, 5.74) is 23.7. The van der Waals surface area contributed by atoms with Crippen LogP contribution in [0.2, 0.25) is 0 Å². The second-order valence-corrected chi connectivity index (χ2v) is 24.4. The van der Waals surface area contributed by atoms with E-state index in [0.29, 0.717) is 0 Å². The fourth-order valence-electron chi connectivity index (χ4n) is 15.0. The number of nitrogens with one attached hydrogen (secondary N) is 1. The Morgan fingerprint density at radius 3 is 0.736 bits per heavy atom. The normalized spacial score (nSPS) is 12.0. The van der Waals surface area contributed by atoms with Crippen LogP contribution < -0.4 is 0 Å². The number of H-pyrrole nitrogens is 1. The van der Waals surface area contributed by atoms with Crippen molar-refractivity contribution in [1.29, 1.82) is 0 Å². The molecule has 0 aliphatic carbocycles. The number of nitrogens with zero attached hydrogens (tertiary/aromatic N) is 2. The average Bonchev–Trinajstić information content (AvgIpc) is 1.65. The van der Waals surface area contributed by atoms with Crippen molar-refractivity contribution in [2.45, 2.75) is 0 Å². The first-order chi connectivity index (χ1) is 45.1. The second-order valence-electron chi connectivity index (χ2n) is 24.4. The molecule has 3 aromatic heterocycles. The summed E-state index contributed by atoms with van der Waals surface area (Å²) in [5.74, 6) is 0. The fraction of sp³-hybridized carbons (Fsp3) is 0. The summed E-state index contributed by atoms with van der Waals surface area (Å²) in [6.07, 6.45) is 0. The van der Waals surface area contributed by atoms with Crippen LogP contribution in [0.3, 0.4) is 0 Å².